The van der Waals surface area contributed by atoms with Crippen molar-refractivity contribution in [2.45, 2.75) is 25.1 Å². The number of hydrogen-bond donors (Lipinski definition) is 2. The number of pyridine rings is 1. The van der Waals surface area contributed by atoms with E-state index in [9.17, 15) is 18.8 Å². The van der Waals surface area contributed by atoms with Crippen LogP contribution in [0.3, 0.4) is 0 Å². The van der Waals surface area contributed by atoms with E-state index in [1.165, 1.54) is 6.20 Å². The third-order valence-corrected chi connectivity index (χ3v) is 7.78. The van der Waals surface area contributed by atoms with Crippen LogP contribution in [0.5, 0.6) is 17.2 Å². The number of piperidine rings is 1. The van der Waals surface area contributed by atoms with Crippen LogP contribution in [0.2, 0.25) is 0 Å². The largest absolute Gasteiger partial charge is 0.496 e. The number of nitrogens with zero attached hydrogens (tertiary/aromatic N) is 2. The fraction of sp³-hybridized carbons (Fsp3) is 0.235. The fourth-order valence-corrected chi connectivity index (χ4v) is 5.45. The van der Waals surface area contributed by atoms with Crippen LogP contribution in [0.4, 0.5) is 4.39 Å². The minimum Gasteiger partial charge on any atom is -0.496 e. The minimum absolute atomic E-state index is 0.126. The molecule has 0 aliphatic carbocycles. The highest BCUT2D eigenvalue weighted by molar-refractivity contribution is 5.97. The number of halogens is 1. The Morgan fingerprint density at radius 1 is 1.00 bits per heavy atom. The van der Waals surface area contributed by atoms with Gasteiger partial charge in [-0.2, -0.15) is 0 Å². The quantitative estimate of drug-likeness (QED) is 0.352. The maximum Gasteiger partial charge on any atom is 0.258 e. The van der Waals surface area contributed by atoms with E-state index in [0.29, 0.717) is 47.9 Å². The van der Waals surface area contributed by atoms with Crippen LogP contribution in [-0.2, 0) is 11.3 Å². The van der Waals surface area contributed by atoms with Gasteiger partial charge in [-0.1, -0.05) is 24.3 Å². The number of likely N-dealkylation sites (tertiary alicyclic amines) is 1. The predicted octanol–water partition coefficient (Wildman–Crippen LogP) is 4.00. The normalized spacial score (nSPS) is 18.4. The average Bonchev–Trinajstić information content (AvgIpc) is 3.07. The van der Waals surface area contributed by atoms with Gasteiger partial charge in [0.05, 0.1) is 24.9 Å². The smallest absolute Gasteiger partial charge is 0.258 e. The van der Waals surface area contributed by atoms with Crippen molar-refractivity contribution in [3.63, 3.8) is 0 Å². The summed E-state index contributed by atoms with van der Waals surface area (Å²) in [6, 6.07) is 20.1. The Morgan fingerprint density at radius 2 is 1.84 bits per heavy atom. The van der Waals surface area contributed by atoms with Crippen LogP contribution in [0.1, 0.15) is 32.7 Å². The Balaban J connectivity index is 1.34. The van der Waals surface area contributed by atoms with E-state index in [1.54, 1.807) is 60.5 Å². The van der Waals surface area contributed by atoms with Gasteiger partial charge in [0, 0.05) is 43.4 Å². The number of benzene rings is 3. The van der Waals surface area contributed by atoms with Gasteiger partial charge in [0.15, 0.2) is 6.61 Å². The number of amides is 3. The zero-order valence-electron chi connectivity index (χ0n) is 24.5. The van der Waals surface area contributed by atoms with Crippen molar-refractivity contribution >= 4 is 17.7 Å². The molecule has 0 spiro atoms. The summed E-state index contributed by atoms with van der Waals surface area (Å²) in [6.45, 7) is 0.614. The molecule has 3 aromatic carbocycles. The van der Waals surface area contributed by atoms with Crippen LogP contribution < -0.4 is 24.8 Å². The highest BCUT2D eigenvalue weighted by atomic mass is 19.1. The lowest BCUT2D eigenvalue weighted by Gasteiger charge is -2.39. The lowest BCUT2D eigenvalue weighted by molar-refractivity contribution is -0.123. The summed E-state index contributed by atoms with van der Waals surface area (Å²) in [6.07, 6.45) is 2.31. The summed E-state index contributed by atoms with van der Waals surface area (Å²) < 4.78 is 31.5. The highest BCUT2D eigenvalue weighted by Crippen LogP contribution is 2.33. The van der Waals surface area contributed by atoms with Crippen LogP contribution in [0, 0.1) is 5.82 Å². The van der Waals surface area contributed by atoms with Gasteiger partial charge in [-0.05, 0) is 59.7 Å². The van der Waals surface area contributed by atoms with Crippen molar-refractivity contribution in [1.82, 2.24) is 20.5 Å². The second-order valence-electron chi connectivity index (χ2n) is 10.8. The first-order valence-corrected chi connectivity index (χ1v) is 14.5. The number of fused-ring (bicyclic) bond motifs is 7. The molecule has 4 heterocycles. The van der Waals surface area contributed by atoms with Gasteiger partial charge >= 0.3 is 0 Å². The molecular formula is C34H31FN4O6. The van der Waals surface area contributed by atoms with Crippen LogP contribution in [-0.4, -0.2) is 66.6 Å². The number of ether oxygens (including phenoxy) is 3. The van der Waals surface area contributed by atoms with E-state index in [0.717, 1.165) is 23.4 Å². The first-order chi connectivity index (χ1) is 21.9. The van der Waals surface area contributed by atoms with Crippen LogP contribution in [0.25, 0.3) is 11.1 Å². The fourth-order valence-electron chi connectivity index (χ4n) is 5.45. The van der Waals surface area contributed by atoms with Crippen molar-refractivity contribution in [1.29, 1.82) is 0 Å². The molecule has 2 N–H and O–H groups in total. The van der Waals surface area contributed by atoms with Crippen molar-refractivity contribution in [3.05, 3.63) is 108 Å². The summed E-state index contributed by atoms with van der Waals surface area (Å²) in [4.78, 5) is 44.9. The van der Waals surface area contributed by atoms with Gasteiger partial charge < -0.3 is 29.7 Å². The monoisotopic (exact) mass is 610 g/mol. The standard InChI is InChI=1S/C34H31FN4O6/c1-43-30-10-7-23-15-28(30)22-3-2-4-27(14-22)44-20-32(40)37-16-21-5-8-26(9-6-21)45-31-11-12-39(19-29(31)38-33(23)41)34(42)24-13-25(35)18-36-17-24/h2-10,13-15,17-18,29,31H,11-12,16,19-20H2,1H3,(H,37,40)(H,38,41)/t29-,31-/m1/s1. The van der Waals surface area contributed by atoms with E-state index in [2.05, 4.69) is 15.6 Å². The first kappa shape index (κ1) is 29.6. The Bertz CT molecular complexity index is 1730. The average molecular weight is 611 g/mol. The molecule has 2 atom stereocenters. The molecule has 7 rings (SSSR count). The third kappa shape index (κ3) is 6.87. The van der Waals surface area contributed by atoms with Gasteiger partial charge in [-0.15, -0.1) is 0 Å². The molecular weight excluding hydrogens is 579 g/mol. The summed E-state index contributed by atoms with van der Waals surface area (Å²) >= 11 is 0. The van der Waals surface area contributed by atoms with E-state index in [1.807, 2.05) is 18.2 Å². The van der Waals surface area contributed by atoms with Gasteiger partial charge in [-0.25, -0.2) is 4.39 Å². The predicted molar refractivity (Wildman–Crippen MR) is 163 cm³/mol. The molecule has 45 heavy (non-hydrogen) atoms. The molecule has 6 bridgehead atoms. The van der Waals surface area contributed by atoms with Crippen LogP contribution >= 0.6 is 0 Å². The number of aromatic nitrogens is 1. The Labute approximate surface area is 259 Å². The maximum atomic E-state index is 13.8. The summed E-state index contributed by atoms with van der Waals surface area (Å²) in [5, 5.41) is 5.93. The first-order valence-electron chi connectivity index (χ1n) is 14.5. The molecule has 0 saturated carbocycles. The number of carbonyl (C=O) groups excluding carboxylic acids is 3. The Morgan fingerprint density at radius 3 is 2.64 bits per heavy atom. The Hall–Kier alpha value is -5.45. The number of carbonyl (C=O) groups is 3. The molecule has 1 saturated heterocycles. The number of nitrogens with one attached hydrogen (secondary N) is 2. The summed E-state index contributed by atoms with van der Waals surface area (Å²) in [5.41, 5.74) is 2.74. The second kappa shape index (κ2) is 13.0. The summed E-state index contributed by atoms with van der Waals surface area (Å²) in [7, 11) is 1.54. The van der Waals surface area contributed by atoms with E-state index in [4.69, 9.17) is 14.2 Å². The molecule has 11 heteroatoms. The second-order valence-corrected chi connectivity index (χ2v) is 10.8. The third-order valence-electron chi connectivity index (χ3n) is 7.78. The lowest BCUT2D eigenvalue weighted by Crippen LogP contribution is -2.58. The Kier molecular flexibility index (Phi) is 8.58. The van der Waals surface area contributed by atoms with Gasteiger partial charge in [0.1, 0.15) is 29.2 Å². The molecule has 3 aliphatic heterocycles. The molecule has 0 radical (unpaired) electrons. The van der Waals surface area contributed by atoms with Crippen molar-refractivity contribution in [2.24, 2.45) is 0 Å². The molecule has 1 aromatic heterocycles. The topological polar surface area (TPSA) is 119 Å². The van der Waals surface area contributed by atoms with E-state index in [-0.39, 0.29) is 36.4 Å². The zero-order chi connectivity index (χ0) is 31.3. The van der Waals surface area contributed by atoms with Crippen molar-refractivity contribution < 1.29 is 33.0 Å². The molecule has 3 aliphatic rings. The van der Waals surface area contributed by atoms with E-state index < -0.39 is 18.0 Å². The molecule has 3 amide bonds. The molecule has 4 aromatic rings. The van der Waals surface area contributed by atoms with Crippen molar-refractivity contribution in [2.75, 3.05) is 26.8 Å². The maximum absolute atomic E-state index is 13.8. The van der Waals surface area contributed by atoms with Gasteiger partial charge in [0.25, 0.3) is 17.7 Å². The number of hydrogen-bond acceptors (Lipinski definition) is 7. The lowest BCUT2D eigenvalue weighted by atomic mass is 9.98. The molecule has 1 fully saturated rings. The minimum atomic E-state index is -0.606. The summed E-state index contributed by atoms with van der Waals surface area (Å²) in [5.74, 6) is -0.0274. The van der Waals surface area contributed by atoms with Crippen molar-refractivity contribution in [3.8, 4) is 28.4 Å². The SMILES string of the molecule is COc1ccc2cc1-c1cccc(c1)OCC(=O)NCc1ccc(cc1)O[C@@H]1CCN(C(=O)c3cncc(F)c3)C[C@H]1NC2=O. The zero-order valence-corrected chi connectivity index (χ0v) is 24.5. The number of rotatable bonds is 2. The molecule has 10 nitrogen and oxygen atoms in total. The van der Waals surface area contributed by atoms with E-state index >= 15 is 0 Å². The van der Waals surface area contributed by atoms with Crippen LogP contribution in [0.15, 0.2) is 85.2 Å². The van der Waals surface area contributed by atoms with Gasteiger partial charge in [-0.3, -0.25) is 19.4 Å². The molecule has 230 valence electrons. The number of methoxy groups -OCH3 is 1. The molecule has 0 unspecified atom stereocenters. The van der Waals surface area contributed by atoms with Gasteiger partial charge in [0.2, 0.25) is 0 Å². The highest BCUT2D eigenvalue weighted by Gasteiger charge is 2.35.